The summed E-state index contributed by atoms with van der Waals surface area (Å²) in [5.41, 5.74) is 0. The molecule has 0 aliphatic heterocycles. The third kappa shape index (κ3) is 11.5. The number of carboxylic acids is 4. The second kappa shape index (κ2) is 11.4. The van der Waals surface area contributed by atoms with Crippen molar-refractivity contribution < 1.29 is 39.6 Å². The molecule has 0 fully saturated rings. The number of rotatable bonds is 11. The summed E-state index contributed by atoms with van der Waals surface area (Å²) < 4.78 is 0. The quantitative estimate of drug-likeness (QED) is 0.311. The van der Waals surface area contributed by atoms with Gasteiger partial charge >= 0.3 is 23.9 Å². The van der Waals surface area contributed by atoms with Crippen LogP contribution in [0.4, 0.5) is 0 Å². The second-order valence-corrected chi connectivity index (χ2v) is 4.50. The Labute approximate surface area is 148 Å². The number of hydrogen-bond donors (Lipinski definition) is 4. The van der Waals surface area contributed by atoms with E-state index in [1.165, 1.54) is 6.92 Å². The van der Waals surface area contributed by atoms with Crippen LogP contribution in [0.2, 0.25) is 0 Å². The molecular weight excluding hydrogens is 311 g/mol. The first-order valence-electron chi connectivity index (χ1n) is 5.95. The van der Waals surface area contributed by atoms with Crippen LogP contribution >= 0.6 is 0 Å². The van der Waals surface area contributed by atoms with Gasteiger partial charge in [0.15, 0.2) is 0 Å². The molecule has 0 heterocycles. The molecule has 22 heavy (non-hydrogen) atoms. The van der Waals surface area contributed by atoms with Gasteiger partial charge < -0.3 is 20.4 Å². The zero-order valence-electron chi connectivity index (χ0n) is 12.4. The van der Waals surface area contributed by atoms with Crippen LogP contribution < -0.4 is 0 Å². The van der Waals surface area contributed by atoms with E-state index in [2.05, 4.69) is 0 Å². The van der Waals surface area contributed by atoms with Crippen LogP contribution in [0.5, 0.6) is 0 Å². The molecule has 10 nitrogen and oxygen atoms in total. The molecule has 0 aromatic carbocycles. The molecule has 0 saturated heterocycles. The molecule has 0 rings (SSSR count). The summed E-state index contributed by atoms with van der Waals surface area (Å²) in [4.78, 5) is 44.9. The van der Waals surface area contributed by atoms with Gasteiger partial charge in [-0.3, -0.25) is 29.0 Å². The molecular formula is C11H18N2NaO8. The number of carboxylic acid groups (broad SMARTS) is 4. The van der Waals surface area contributed by atoms with Crippen molar-refractivity contribution >= 4 is 53.4 Å². The third-order valence-corrected chi connectivity index (χ3v) is 2.54. The van der Waals surface area contributed by atoms with Crippen molar-refractivity contribution in [1.29, 1.82) is 0 Å². The van der Waals surface area contributed by atoms with Gasteiger partial charge in [0.25, 0.3) is 0 Å². The van der Waals surface area contributed by atoms with Crippen LogP contribution in [-0.4, -0.2) is 122 Å². The fourth-order valence-corrected chi connectivity index (χ4v) is 1.77. The van der Waals surface area contributed by atoms with Gasteiger partial charge in [-0.05, 0) is 6.92 Å². The molecule has 1 unspecified atom stereocenters. The predicted molar refractivity (Wildman–Crippen MR) is 73.8 cm³/mol. The Morgan fingerprint density at radius 1 is 0.773 bits per heavy atom. The van der Waals surface area contributed by atoms with Crippen LogP contribution in [0, 0.1) is 0 Å². The summed E-state index contributed by atoms with van der Waals surface area (Å²) in [7, 11) is 0. The third-order valence-electron chi connectivity index (χ3n) is 2.54. The zero-order chi connectivity index (χ0) is 16.6. The van der Waals surface area contributed by atoms with Gasteiger partial charge in [-0.15, -0.1) is 0 Å². The van der Waals surface area contributed by atoms with Gasteiger partial charge in [0.05, 0.1) is 26.2 Å². The van der Waals surface area contributed by atoms with Crippen LogP contribution in [0.1, 0.15) is 6.92 Å². The van der Waals surface area contributed by atoms with Crippen molar-refractivity contribution in [3.8, 4) is 0 Å². The number of nitrogens with zero attached hydrogens (tertiary/aromatic N) is 2. The van der Waals surface area contributed by atoms with Gasteiger partial charge in [-0.25, -0.2) is 0 Å². The van der Waals surface area contributed by atoms with Crippen molar-refractivity contribution in [2.75, 3.05) is 32.7 Å². The molecule has 121 valence electrons. The van der Waals surface area contributed by atoms with Crippen molar-refractivity contribution in [2.24, 2.45) is 0 Å². The van der Waals surface area contributed by atoms with E-state index in [9.17, 15) is 19.2 Å². The average Bonchev–Trinajstić information content (AvgIpc) is 2.24. The number of hydrogen-bond acceptors (Lipinski definition) is 6. The molecule has 0 bridgehead atoms. The van der Waals surface area contributed by atoms with Crippen molar-refractivity contribution in [2.45, 2.75) is 13.0 Å². The zero-order valence-corrected chi connectivity index (χ0v) is 14.4. The van der Waals surface area contributed by atoms with Gasteiger partial charge in [0, 0.05) is 42.1 Å². The van der Waals surface area contributed by atoms with Crippen LogP contribution in [0.3, 0.4) is 0 Å². The van der Waals surface area contributed by atoms with E-state index in [1.807, 2.05) is 0 Å². The van der Waals surface area contributed by atoms with Gasteiger partial charge in [-0.2, -0.15) is 0 Å². The second-order valence-electron chi connectivity index (χ2n) is 4.50. The van der Waals surface area contributed by atoms with Gasteiger partial charge in [0.1, 0.15) is 0 Å². The molecule has 0 aliphatic rings. The standard InChI is InChI=1S/C11H18N2O8.Na/c1-7(13(5-10(18)19)6-11(20)21)2-12(3-8(14)15)4-9(16)17;/h7H,2-6H2,1H3,(H,14,15)(H,16,17)(H,18,19)(H,20,21);. The first kappa shape index (κ1) is 23.1. The minimum absolute atomic E-state index is 0. The molecule has 4 N–H and O–H groups in total. The molecule has 11 heteroatoms. The van der Waals surface area contributed by atoms with Gasteiger partial charge in [0.2, 0.25) is 0 Å². The van der Waals surface area contributed by atoms with E-state index < -0.39 is 56.1 Å². The number of aliphatic carboxylic acids is 4. The summed E-state index contributed by atoms with van der Waals surface area (Å²) in [5.74, 6) is -4.92. The maximum absolute atomic E-state index is 10.7. The summed E-state index contributed by atoms with van der Waals surface area (Å²) in [6, 6.07) is -0.643. The van der Waals surface area contributed by atoms with E-state index in [0.717, 1.165) is 9.80 Å². The van der Waals surface area contributed by atoms with Crippen LogP contribution in [0.25, 0.3) is 0 Å². The Balaban J connectivity index is 0. The van der Waals surface area contributed by atoms with Crippen LogP contribution in [0.15, 0.2) is 0 Å². The predicted octanol–water partition coefficient (Wildman–Crippen LogP) is -2.06. The minimum atomic E-state index is -1.23. The summed E-state index contributed by atoms with van der Waals surface area (Å²) in [6.07, 6.45) is 0. The maximum atomic E-state index is 10.7. The summed E-state index contributed by atoms with van der Waals surface area (Å²) in [6.45, 7) is -0.736. The van der Waals surface area contributed by atoms with E-state index in [0.29, 0.717) is 0 Å². The van der Waals surface area contributed by atoms with E-state index >= 15 is 0 Å². The topological polar surface area (TPSA) is 156 Å². The maximum Gasteiger partial charge on any atom is 0.317 e. The van der Waals surface area contributed by atoms with E-state index in [-0.39, 0.29) is 36.1 Å². The van der Waals surface area contributed by atoms with E-state index in [4.69, 9.17) is 20.4 Å². The first-order chi connectivity index (χ1) is 9.61. The summed E-state index contributed by atoms with van der Waals surface area (Å²) >= 11 is 0. The SMILES string of the molecule is CC(CN(CC(=O)O)CC(=O)O)N(CC(=O)O)CC(=O)O.[Na]. The minimum Gasteiger partial charge on any atom is -0.480 e. The molecule has 1 radical (unpaired) electrons. The fraction of sp³-hybridized carbons (Fsp3) is 0.636. The Kier molecular flexibility index (Phi) is 11.9. The molecule has 0 aromatic heterocycles. The average molecular weight is 329 g/mol. The van der Waals surface area contributed by atoms with Crippen molar-refractivity contribution in [3.63, 3.8) is 0 Å². The van der Waals surface area contributed by atoms with E-state index in [1.54, 1.807) is 0 Å². The Hall–Kier alpha value is -1.20. The van der Waals surface area contributed by atoms with Crippen LogP contribution in [-0.2, 0) is 19.2 Å². The number of carbonyl (C=O) groups is 4. The Bertz CT molecular complexity index is 385. The molecule has 0 aromatic rings. The summed E-state index contributed by atoms with van der Waals surface area (Å²) in [5, 5.41) is 34.9. The van der Waals surface area contributed by atoms with Crippen molar-refractivity contribution in [1.82, 2.24) is 9.80 Å². The van der Waals surface area contributed by atoms with Crippen molar-refractivity contribution in [3.05, 3.63) is 0 Å². The normalized spacial score (nSPS) is 11.8. The monoisotopic (exact) mass is 329 g/mol. The Morgan fingerprint density at radius 2 is 1.09 bits per heavy atom. The molecule has 0 aliphatic carbocycles. The first-order valence-corrected chi connectivity index (χ1v) is 5.95. The van der Waals surface area contributed by atoms with Gasteiger partial charge in [-0.1, -0.05) is 0 Å². The molecule has 0 saturated carbocycles. The molecule has 0 spiro atoms. The largest absolute Gasteiger partial charge is 0.480 e. The molecule has 1 atom stereocenters. The smallest absolute Gasteiger partial charge is 0.317 e. The fourth-order valence-electron chi connectivity index (χ4n) is 1.77. The Morgan fingerprint density at radius 3 is 1.36 bits per heavy atom. The molecule has 0 amide bonds.